The Morgan fingerprint density at radius 2 is 2.05 bits per heavy atom. The van der Waals surface area contributed by atoms with Gasteiger partial charge < -0.3 is 15.0 Å². The number of para-hydroxylation sites is 1. The van der Waals surface area contributed by atoms with Gasteiger partial charge >= 0.3 is 0 Å². The van der Waals surface area contributed by atoms with E-state index in [1.54, 1.807) is 19.2 Å². The Bertz CT molecular complexity index is 840. The first-order valence-electron chi connectivity index (χ1n) is 7.44. The van der Waals surface area contributed by atoms with E-state index in [0.717, 1.165) is 29.7 Å². The number of H-pyrrole nitrogens is 1. The van der Waals surface area contributed by atoms with Crippen molar-refractivity contribution in [3.8, 4) is 5.75 Å². The van der Waals surface area contributed by atoms with Gasteiger partial charge in [0.25, 0.3) is 0 Å². The van der Waals surface area contributed by atoms with Crippen LogP contribution in [-0.2, 0) is 6.42 Å². The third-order valence-corrected chi connectivity index (χ3v) is 4.36. The Morgan fingerprint density at radius 3 is 2.91 bits per heavy atom. The van der Waals surface area contributed by atoms with Crippen LogP contribution >= 0.6 is 0 Å². The molecule has 22 heavy (non-hydrogen) atoms. The topological polar surface area (TPSA) is 37.0 Å². The molecule has 112 valence electrons. The fourth-order valence-electron chi connectivity index (χ4n) is 3.38. The molecular formula is C18H17FN2O. The molecular weight excluding hydrogens is 279 g/mol. The fourth-order valence-corrected chi connectivity index (χ4v) is 3.38. The molecule has 1 aromatic heterocycles. The molecule has 2 N–H and O–H groups in total. The molecule has 3 aromatic rings. The minimum Gasteiger partial charge on any atom is -0.496 e. The number of nitrogens with one attached hydrogen (secondary N) is 2. The van der Waals surface area contributed by atoms with Gasteiger partial charge in [-0.25, -0.2) is 4.39 Å². The van der Waals surface area contributed by atoms with Crippen molar-refractivity contribution >= 4 is 10.9 Å². The maximum Gasteiger partial charge on any atom is 0.124 e. The van der Waals surface area contributed by atoms with Gasteiger partial charge in [0, 0.05) is 28.7 Å². The minimum atomic E-state index is -0.249. The number of hydrogen-bond donors (Lipinski definition) is 2. The van der Waals surface area contributed by atoms with Crippen LogP contribution in [0.15, 0.2) is 42.5 Å². The van der Waals surface area contributed by atoms with E-state index in [-0.39, 0.29) is 11.9 Å². The molecule has 0 spiro atoms. The molecule has 0 saturated heterocycles. The first kappa shape index (κ1) is 13.3. The van der Waals surface area contributed by atoms with Crippen LogP contribution in [0.1, 0.15) is 22.9 Å². The van der Waals surface area contributed by atoms with Gasteiger partial charge in [0.15, 0.2) is 0 Å². The van der Waals surface area contributed by atoms with Gasteiger partial charge in [0.05, 0.1) is 13.2 Å². The van der Waals surface area contributed by atoms with Crippen molar-refractivity contribution in [2.75, 3.05) is 13.7 Å². The summed E-state index contributed by atoms with van der Waals surface area (Å²) in [4.78, 5) is 3.49. The van der Waals surface area contributed by atoms with Crippen LogP contribution in [0.25, 0.3) is 10.9 Å². The molecule has 1 atom stereocenters. The lowest BCUT2D eigenvalue weighted by atomic mass is 9.94. The second kappa shape index (κ2) is 5.14. The van der Waals surface area contributed by atoms with E-state index >= 15 is 0 Å². The van der Waals surface area contributed by atoms with Gasteiger partial charge in [-0.3, -0.25) is 0 Å². The SMILES string of the molecule is COc1ccc(F)cc1C1NCCc2c1[nH]c1ccccc21. The number of halogens is 1. The van der Waals surface area contributed by atoms with E-state index in [0.29, 0.717) is 5.75 Å². The third-order valence-electron chi connectivity index (χ3n) is 4.36. The molecule has 1 aliphatic rings. The van der Waals surface area contributed by atoms with E-state index < -0.39 is 0 Å². The number of fused-ring (bicyclic) bond motifs is 3. The quantitative estimate of drug-likeness (QED) is 0.759. The van der Waals surface area contributed by atoms with Gasteiger partial charge in [-0.15, -0.1) is 0 Å². The van der Waals surface area contributed by atoms with Crippen molar-refractivity contribution in [1.29, 1.82) is 0 Å². The highest BCUT2D eigenvalue weighted by molar-refractivity contribution is 5.85. The zero-order chi connectivity index (χ0) is 15.1. The second-order valence-corrected chi connectivity index (χ2v) is 5.59. The molecule has 0 aliphatic carbocycles. The number of rotatable bonds is 2. The van der Waals surface area contributed by atoms with Gasteiger partial charge in [0.2, 0.25) is 0 Å². The molecule has 2 heterocycles. The van der Waals surface area contributed by atoms with Gasteiger partial charge in [-0.05, 0) is 36.2 Å². The molecule has 0 saturated carbocycles. The van der Waals surface area contributed by atoms with Crippen molar-refractivity contribution in [3.63, 3.8) is 0 Å². The van der Waals surface area contributed by atoms with E-state index in [9.17, 15) is 4.39 Å². The van der Waals surface area contributed by atoms with E-state index in [1.165, 1.54) is 17.0 Å². The maximum atomic E-state index is 13.7. The largest absolute Gasteiger partial charge is 0.496 e. The summed E-state index contributed by atoms with van der Waals surface area (Å²) >= 11 is 0. The smallest absolute Gasteiger partial charge is 0.124 e. The van der Waals surface area contributed by atoms with Crippen LogP contribution in [0.5, 0.6) is 5.75 Å². The highest BCUT2D eigenvalue weighted by Crippen LogP contribution is 2.37. The Labute approximate surface area is 128 Å². The standard InChI is InChI=1S/C18H17FN2O/c1-22-16-7-6-11(19)10-14(16)17-18-13(8-9-20-17)12-4-2-3-5-15(12)21-18/h2-7,10,17,20-21H,8-9H2,1H3. The molecule has 4 rings (SSSR count). The number of aromatic amines is 1. The van der Waals surface area contributed by atoms with Crippen molar-refractivity contribution in [2.45, 2.75) is 12.5 Å². The average Bonchev–Trinajstić information content (AvgIpc) is 2.93. The van der Waals surface area contributed by atoms with Gasteiger partial charge in [-0.1, -0.05) is 18.2 Å². The molecule has 3 nitrogen and oxygen atoms in total. The number of ether oxygens (including phenoxy) is 1. The summed E-state index contributed by atoms with van der Waals surface area (Å²) in [6, 6.07) is 12.9. The van der Waals surface area contributed by atoms with E-state index in [1.807, 2.05) is 6.07 Å². The number of methoxy groups -OCH3 is 1. The molecule has 0 amide bonds. The molecule has 0 radical (unpaired) electrons. The number of hydrogen-bond acceptors (Lipinski definition) is 2. The van der Waals surface area contributed by atoms with Crippen molar-refractivity contribution < 1.29 is 9.13 Å². The highest BCUT2D eigenvalue weighted by Gasteiger charge is 2.27. The number of benzene rings is 2. The molecule has 2 aromatic carbocycles. The highest BCUT2D eigenvalue weighted by atomic mass is 19.1. The average molecular weight is 296 g/mol. The van der Waals surface area contributed by atoms with Crippen LogP contribution in [0.4, 0.5) is 4.39 Å². The Morgan fingerprint density at radius 1 is 1.18 bits per heavy atom. The first-order valence-corrected chi connectivity index (χ1v) is 7.44. The lowest BCUT2D eigenvalue weighted by Gasteiger charge is -2.26. The zero-order valence-corrected chi connectivity index (χ0v) is 12.3. The molecule has 4 heteroatoms. The lowest BCUT2D eigenvalue weighted by Crippen LogP contribution is -2.30. The van der Waals surface area contributed by atoms with Crippen LogP contribution < -0.4 is 10.1 Å². The normalized spacial score (nSPS) is 17.5. The van der Waals surface area contributed by atoms with Crippen LogP contribution in [0.2, 0.25) is 0 Å². The van der Waals surface area contributed by atoms with E-state index in [4.69, 9.17) is 4.74 Å². The van der Waals surface area contributed by atoms with Crippen LogP contribution in [-0.4, -0.2) is 18.6 Å². The monoisotopic (exact) mass is 296 g/mol. The van der Waals surface area contributed by atoms with Crippen LogP contribution in [0.3, 0.4) is 0 Å². The molecule has 1 unspecified atom stereocenters. The maximum absolute atomic E-state index is 13.7. The summed E-state index contributed by atoms with van der Waals surface area (Å²) in [5, 5.41) is 4.73. The number of aromatic nitrogens is 1. The van der Waals surface area contributed by atoms with Crippen molar-refractivity contribution in [1.82, 2.24) is 10.3 Å². The summed E-state index contributed by atoms with van der Waals surface area (Å²) in [5.41, 5.74) is 4.37. The Kier molecular flexibility index (Phi) is 3.12. The minimum absolute atomic E-state index is 0.0817. The molecule has 0 fully saturated rings. The Hall–Kier alpha value is -2.33. The summed E-state index contributed by atoms with van der Waals surface area (Å²) in [6.45, 7) is 0.860. The summed E-state index contributed by atoms with van der Waals surface area (Å²) < 4.78 is 19.1. The summed E-state index contributed by atoms with van der Waals surface area (Å²) in [7, 11) is 1.62. The first-order chi connectivity index (χ1) is 10.8. The summed E-state index contributed by atoms with van der Waals surface area (Å²) in [6.07, 6.45) is 0.966. The zero-order valence-electron chi connectivity index (χ0n) is 12.3. The van der Waals surface area contributed by atoms with Gasteiger partial charge in [-0.2, -0.15) is 0 Å². The second-order valence-electron chi connectivity index (χ2n) is 5.59. The lowest BCUT2D eigenvalue weighted by molar-refractivity contribution is 0.400. The summed E-state index contributed by atoms with van der Waals surface area (Å²) in [5.74, 6) is 0.450. The van der Waals surface area contributed by atoms with Crippen molar-refractivity contribution in [3.05, 3.63) is 65.1 Å². The van der Waals surface area contributed by atoms with E-state index in [2.05, 4.69) is 28.5 Å². The Balaban J connectivity index is 1.91. The predicted octanol–water partition coefficient (Wildman–Crippen LogP) is 3.55. The molecule has 1 aliphatic heterocycles. The third kappa shape index (κ3) is 1.99. The van der Waals surface area contributed by atoms with Gasteiger partial charge in [0.1, 0.15) is 11.6 Å². The predicted molar refractivity (Wildman–Crippen MR) is 84.8 cm³/mol. The molecule has 0 bridgehead atoms. The van der Waals surface area contributed by atoms with Crippen LogP contribution in [0, 0.1) is 5.82 Å². The van der Waals surface area contributed by atoms with Crippen molar-refractivity contribution in [2.24, 2.45) is 0 Å². The fraction of sp³-hybridized carbons (Fsp3) is 0.222.